The van der Waals surface area contributed by atoms with Crippen molar-refractivity contribution >= 4 is 23.8 Å². The van der Waals surface area contributed by atoms with Crippen molar-refractivity contribution in [2.24, 2.45) is 0 Å². The first-order valence-corrected chi connectivity index (χ1v) is 9.27. The maximum Gasteiger partial charge on any atom is 0.327 e. The lowest BCUT2D eigenvalue weighted by Crippen LogP contribution is -2.48. The van der Waals surface area contributed by atoms with Crippen LogP contribution in [-0.2, 0) is 24.7 Å². The molecule has 0 aromatic heterocycles. The molecule has 2 atom stereocenters. The monoisotopic (exact) mass is 387 g/mol. The molecule has 1 aliphatic carbocycles. The zero-order chi connectivity index (χ0) is 19.9. The van der Waals surface area contributed by atoms with Crippen LogP contribution in [0.2, 0.25) is 0 Å². The zero-order valence-electron chi connectivity index (χ0n) is 15.4. The molecule has 2 aliphatic heterocycles. The molecular weight excluding hydrogens is 366 g/mol. The fourth-order valence-corrected chi connectivity index (χ4v) is 3.48. The molecule has 148 valence electrons. The van der Waals surface area contributed by atoms with Crippen molar-refractivity contribution in [2.75, 3.05) is 13.2 Å². The van der Waals surface area contributed by atoms with Crippen LogP contribution in [-0.4, -0.2) is 54.0 Å². The molecule has 1 saturated heterocycles. The van der Waals surface area contributed by atoms with Crippen LogP contribution in [0.4, 0.5) is 4.79 Å². The van der Waals surface area contributed by atoms with Gasteiger partial charge in [0, 0.05) is 18.0 Å². The molecule has 4 rings (SSSR count). The average molecular weight is 387 g/mol. The molecular formula is C19H21N3O6. The van der Waals surface area contributed by atoms with Gasteiger partial charge in [-0.25, -0.2) is 4.79 Å². The Bertz CT molecular complexity index is 852. The highest BCUT2D eigenvalue weighted by Crippen LogP contribution is 2.40. The number of ether oxygens (including phenoxy) is 2. The van der Waals surface area contributed by atoms with Crippen LogP contribution >= 0.6 is 0 Å². The van der Waals surface area contributed by atoms with Gasteiger partial charge in [-0.3, -0.25) is 19.3 Å². The molecule has 1 aromatic carbocycles. The predicted molar refractivity (Wildman–Crippen MR) is 95.2 cm³/mol. The summed E-state index contributed by atoms with van der Waals surface area (Å²) in [5.41, 5.74) is -0.686. The number of nitrogens with one attached hydrogen (secondary N) is 2. The molecule has 28 heavy (non-hydrogen) atoms. The highest BCUT2D eigenvalue weighted by molar-refractivity contribution is 6.09. The Balaban J connectivity index is 1.45. The molecule has 1 aromatic rings. The Morgan fingerprint density at radius 3 is 2.86 bits per heavy atom. The first-order chi connectivity index (χ1) is 13.4. The van der Waals surface area contributed by atoms with Gasteiger partial charge < -0.3 is 20.1 Å². The Kier molecular flexibility index (Phi) is 4.44. The van der Waals surface area contributed by atoms with Gasteiger partial charge in [-0.1, -0.05) is 18.2 Å². The summed E-state index contributed by atoms with van der Waals surface area (Å²) in [5.74, 6) is -1.21. The molecule has 0 unspecified atom stereocenters. The fraction of sp³-hybridized carbons (Fsp3) is 0.474. The van der Waals surface area contributed by atoms with E-state index in [1.165, 1.54) is 6.92 Å². The number of para-hydroxylation sites is 1. The Labute approximate surface area is 161 Å². The highest BCUT2D eigenvalue weighted by Gasteiger charge is 2.55. The summed E-state index contributed by atoms with van der Waals surface area (Å²) in [7, 11) is 0. The number of esters is 1. The number of imide groups is 1. The van der Waals surface area contributed by atoms with E-state index in [9.17, 15) is 19.2 Å². The molecule has 0 bridgehead atoms. The number of urea groups is 1. The van der Waals surface area contributed by atoms with Crippen molar-refractivity contribution in [2.45, 2.75) is 43.9 Å². The van der Waals surface area contributed by atoms with Gasteiger partial charge in [-0.15, -0.1) is 0 Å². The lowest BCUT2D eigenvalue weighted by molar-refractivity contribution is -0.156. The molecule has 4 amide bonds. The van der Waals surface area contributed by atoms with E-state index in [1.807, 2.05) is 0 Å². The number of carbonyl (C=O) groups is 4. The SMILES string of the molecule is C[C@@H](OC(=O)CN1C(=O)N[C@]2(CCOc3ccccc32)C1=O)C(=O)NC1CC1. The number of fused-ring (bicyclic) bond motifs is 2. The summed E-state index contributed by atoms with van der Waals surface area (Å²) in [5, 5.41) is 5.45. The van der Waals surface area contributed by atoms with Crippen LogP contribution in [0.5, 0.6) is 5.75 Å². The third kappa shape index (κ3) is 3.17. The lowest BCUT2D eigenvalue weighted by Gasteiger charge is -2.33. The smallest absolute Gasteiger partial charge is 0.327 e. The topological polar surface area (TPSA) is 114 Å². The first kappa shape index (κ1) is 18.3. The number of amides is 4. The minimum absolute atomic E-state index is 0.146. The van der Waals surface area contributed by atoms with E-state index in [0.717, 1.165) is 17.7 Å². The molecule has 0 radical (unpaired) electrons. The van der Waals surface area contributed by atoms with E-state index in [-0.39, 0.29) is 25.0 Å². The minimum atomic E-state index is -1.25. The van der Waals surface area contributed by atoms with Crippen LogP contribution in [0.15, 0.2) is 24.3 Å². The number of hydrogen-bond donors (Lipinski definition) is 2. The molecule has 2 N–H and O–H groups in total. The summed E-state index contributed by atoms with van der Waals surface area (Å²) >= 11 is 0. The lowest BCUT2D eigenvalue weighted by atomic mass is 9.84. The van der Waals surface area contributed by atoms with Crippen LogP contribution in [0.3, 0.4) is 0 Å². The fourth-order valence-electron chi connectivity index (χ4n) is 3.48. The normalized spacial score (nSPS) is 24.2. The third-order valence-corrected chi connectivity index (χ3v) is 5.15. The van der Waals surface area contributed by atoms with Gasteiger partial charge in [0.15, 0.2) is 11.6 Å². The van der Waals surface area contributed by atoms with Gasteiger partial charge in [0.25, 0.3) is 11.8 Å². The Morgan fingerprint density at radius 2 is 2.11 bits per heavy atom. The standard InChI is InChI=1S/C19H21N3O6/c1-11(16(24)20-12-6-7-12)28-15(23)10-22-17(25)19(21-18(22)26)8-9-27-14-5-3-2-4-13(14)19/h2-5,11-12H,6-10H2,1H3,(H,20,24)(H,21,26)/t11-,19+/m1/s1. The molecule has 9 heteroatoms. The molecule has 2 heterocycles. The van der Waals surface area contributed by atoms with Crippen molar-refractivity contribution < 1.29 is 28.7 Å². The average Bonchev–Trinajstić information content (AvgIpc) is 3.45. The van der Waals surface area contributed by atoms with Gasteiger partial charge in [0.1, 0.15) is 12.3 Å². The number of carbonyl (C=O) groups excluding carboxylic acids is 4. The van der Waals surface area contributed by atoms with Crippen LogP contribution < -0.4 is 15.4 Å². The summed E-state index contributed by atoms with van der Waals surface area (Å²) < 4.78 is 10.7. The summed E-state index contributed by atoms with van der Waals surface area (Å²) in [6, 6.07) is 6.46. The molecule has 1 saturated carbocycles. The summed E-state index contributed by atoms with van der Waals surface area (Å²) in [4.78, 5) is 50.5. The van der Waals surface area contributed by atoms with E-state index in [4.69, 9.17) is 9.47 Å². The molecule has 9 nitrogen and oxygen atoms in total. The molecule has 2 fully saturated rings. The van der Waals surface area contributed by atoms with Gasteiger partial charge in [0.05, 0.1) is 6.61 Å². The van der Waals surface area contributed by atoms with Crippen LogP contribution in [0, 0.1) is 0 Å². The van der Waals surface area contributed by atoms with E-state index in [2.05, 4.69) is 10.6 Å². The van der Waals surface area contributed by atoms with Crippen molar-refractivity contribution in [3.63, 3.8) is 0 Å². The van der Waals surface area contributed by atoms with E-state index in [1.54, 1.807) is 24.3 Å². The van der Waals surface area contributed by atoms with Crippen molar-refractivity contribution in [1.29, 1.82) is 0 Å². The third-order valence-electron chi connectivity index (χ3n) is 5.15. The van der Waals surface area contributed by atoms with Crippen molar-refractivity contribution in [1.82, 2.24) is 15.5 Å². The van der Waals surface area contributed by atoms with Gasteiger partial charge in [-0.05, 0) is 25.8 Å². The van der Waals surface area contributed by atoms with Crippen LogP contribution in [0.25, 0.3) is 0 Å². The number of nitrogens with zero attached hydrogens (tertiary/aromatic N) is 1. The molecule has 1 spiro atoms. The number of benzene rings is 1. The second kappa shape index (κ2) is 6.81. The van der Waals surface area contributed by atoms with E-state index in [0.29, 0.717) is 11.3 Å². The Hall–Kier alpha value is -3.10. The number of rotatable bonds is 5. The van der Waals surface area contributed by atoms with Crippen molar-refractivity contribution in [3.05, 3.63) is 29.8 Å². The maximum absolute atomic E-state index is 13.1. The zero-order valence-corrected chi connectivity index (χ0v) is 15.4. The van der Waals surface area contributed by atoms with Gasteiger partial charge >= 0.3 is 12.0 Å². The minimum Gasteiger partial charge on any atom is -0.493 e. The predicted octanol–water partition coefficient (Wildman–Crippen LogP) is 0.426. The first-order valence-electron chi connectivity index (χ1n) is 9.27. The largest absolute Gasteiger partial charge is 0.493 e. The van der Waals surface area contributed by atoms with Gasteiger partial charge in [0.2, 0.25) is 0 Å². The highest BCUT2D eigenvalue weighted by atomic mass is 16.5. The van der Waals surface area contributed by atoms with Crippen LogP contribution in [0.1, 0.15) is 31.7 Å². The Morgan fingerprint density at radius 1 is 1.36 bits per heavy atom. The second-order valence-corrected chi connectivity index (χ2v) is 7.24. The summed E-state index contributed by atoms with van der Waals surface area (Å²) in [6.07, 6.45) is 1.11. The molecule has 3 aliphatic rings. The second-order valence-electron chi connectivity index (χ2n) is 7.24. The van der Waals surface area contributed by atoms with E-state index >= 15 is 0 Å². The van der Waals surface area contributed by atoms with Crippen molar-refractivity contribution in [3.8, 4) is 5.75 Å². The maximum atomic E-state index is 13.1. The van der Waals surface area contributed by atoms with E-state index < -0.39 is 36.1 Å². The quantitative estimate of drug-likeness (QED) is 0.559. The van der Waals surface area contributed by atoms with Gasteiger partial charge in [-0.2, -0.15) is 0 Å². The summed E-state index contributed by atoms with van der Waals surface area (Å²) in [6.45, 7) is 1.16. The number of hydrogen-bond acceptors (Lipinski definition) is 6.